The number of aliphatic imine (C=N–C) groups is 1. The first kappa shape index (κ1) is 20.6. The lowest BCUT2D eigenvalue weighted by atomic mass is 9.72. The molecule has 2 rings (SSSR count). The Morgan fingerprint density at radius 2 is 2.00 bits per heavy atom. The van der Waals surface area contributed by atoms with E-state index in [1.807, 2.05) is 6.92 Å². The number of methoxy groups -OCH3 is 1. The summed E-state index contributed by atoms with van der Waals surface area (Å²) in [7, 11) is 1.70. The van der Waals surface area contributed by atoms with Crippen molar-refractivity contribution >= 4 is 5.96 Å². The fourth-order valence-electron chi connectivity index (χ4n) is 3.80. The van der Waals surface area contributed by atoms with Gasteiger partial charge in [0.2, 0.25) is 0 Å². The van der Waals surface area contributed by atoms with Gasteiger partial charge >= 0.3 is 0 Å². The third-order valence-electron chi connectivity index (χ3n) is 5.42. The number of hydrogen-bond donors (Lipinski definition) is 3. The first-order valence-corrected chi connectivity index (χ1v) is 9.89. The van der Waals surface area contributed by atoms with E-state index in [1.54, 1.807) is 7.11 Å². The van der Waals surface area contributed by atoms with Gasteiger partial charge < -0.3 is 20.5 Å². The van der Waals surface area contributed by atoms with Crippen LogP contribution >= 0.6 is 0 Å². The predicted molar refractivity (Wildman–Crippen MR) is 108 cm³/mol. The largest absolute Gasteiger partial charge is 0.496 e. The van der Waals surface area contributed by atoms with E-state index in [4.69, 9.17) is 9.73 Å². The molecule has 0 aromatic heterocycles. The van der Waals surface area contributed by atoms with Gasteiger partial charge in [-0.3, -0.25) is 0 Å². The van der Waals surface area contributed by atoms with Crippen molar-refractivity contribution in [2.45, 2.75) is 58.9 Å². The SMILES string of the molecule is CCNC(=NCc1ccc(C)c(OC)c1)NCC1(CCO)CCCCC1. The first-order valence-electron chi connectivity index (χ1n) is 9.89. The zero-order valence-corrected chi connectivity index (χ0v) is 16.6. The Labute approximate surface area is 158 Å². The maximum Gasteiger partial charge on any atom is 0.191 e. The zero-order chi connectivity index (χ0) is 18.8. The van der Waals surface area contributed by atoms with Gasteiger partial charge in [0, 0.05) is 19.7 Å². The lowest BCUT2D eigenvalue weighted by Crippen LogP contribution is -2.44. The summed E-state index contributed by atoms with van der Waals surface area (Å²) in [6.45, 7) is 6.70. The second kappa shape index (κ2) is 10.4. The molecule has 5 heteroatoms. The van der Waals surface area contributed by atoms with Crippen molar-refractivity contribution in [3.8, 4) is 5.75 Å². The van der Waals surface area contributed by atoms with Crippen molar-refractivity contribution in [2.75, 3.05) is 26.8 Å². The summed E-state index contributed by atoms with van der Waals surface area (Å²) >= 11 is 0. The van der Waals surface area contributed by atoms with Crippen LogP contribution in [-0.2, 0) is 6.54 Å². The van der Waals surface area contributed by atoms with Crippen LogP contribution in [0.4, 0.5) is 0 Å². The van der Waals surface area contributed by atoms with E-state index >= 15 is 0 Å². The van der Waals surface area contributed by atoms with E-state index in [1.165, 1.54) is 32.1 Å². The minimum absolute atomic E-state index is 0.205. The molecule has 1 aromatic rings. The van der Waals surface area contributed by atoms with Crippen LogP contribution < -0.4 is 15.4 Å². The van der Waals surface area contributed by atoms with Crippen molar-refractivity contribution in [3.63, 3.8) is 0 Å². The van der Waals surface area contributed by atoms with Crippen LogP contribution in [0.15, 0.2) is 23.2 Å². The van der Waals surface area contributed by atoms with E-state index in [0.717, 1.165) is 42.3 Å². The highest BCUT2D eigenvalue weighted by Crippen LogP contribution is 2.38. The summed E-state index contributed by atoms with van der Waals surface area (Å²) in [5, 5.41) is 16.4. The molecule has 0 spiro atoms. The maximum atomic E-state index is 9.49. The molecule has 1 saturated carbocycles. The maximum absolute atomic E-state index is 9.49. The fourth-order valence-corrected chi connectivity index (χ4v) is 3.80. The molecular weight excluding hydrogens is 326 g/mol. The van der Waals surface area contributed by atoms with Crippen LogP contribution in [-0.4, -0.2) is 37.9 Å². The molecule has 1 fully saturated rings. The highest BCUT2D eigenvalue weighted by molar-refractivity contribution is 5.79. The number of benzene rings is 1. The Kier molecular flexibility index (Phi) is 8.23. The molecule has 0 aliphatic heterocycles. The Bertz CT molecular complexity index is 575. The molecule has 0 atom stereocenters. The van der Waals surface area contributed by atoms with E-state index in [2.05, 4.69) is 35.8 Å². The third kappa shape index (κ3) is 5.90. The van der Waals surface area contributed by atoms with Crippen molar-refractivity contribution in [3.05, 3.63) is 29.3 Å². The number of aryl methyl sites for hydroxylation is 1. The van der Waals surface area contributed by atoms with Crippen molar-refractivity contribution in [1.82, 2.24) is 10.6 Å². The van der Waals surface area contributed by atoms with E-state index in [-0.39, 0.29) is 12.0 Å². The lowest BCUT2D eigenvalue weighted by Gasteiger charge is -2.37. The summed E-state index contributed by atoms with van der Waals surface area (Å²) in [4.78, 5) is 4.74. The van der Waals surface area contributed by atoms with Crippen molar-refractivity contribution in [1.29, 1.82) is 0 Å². The monoisotopic (exact) mass is 361 g/mol. The van der Waals surface area contributed by atoms with E-state index in [0.29, 0.717) is 6.54 Å². The first-order chi connectivity index (χ1) is 12.6. The minimum Gasteiger partial charge on any atom is -0.496 e. The molecule has 1 aliphatic carbocycles. The molecule has 5 nitrogen and oxygen atoms in total. The molecule has 0 heterocycles. The Morgan fingerprint density at radius 1 is 1.23 bits per heavy atom. The topological polar surface area (TPSA) is 65.9 Å². The van der Waals surface area contributed by atoms with Gasteiger partial charge in [0.25, 0.3) is 0 Å². The number of nitrogens with one attached hydrogen (secondary N) is 2. The van der Waals surface area contributed by atoms with Gasteiger partial charge in [0.15, 0.2) is 5.96 Å². The Hall–Kier alpha value is -1.75. The zero-order valence-electron chi connectivity index (χ0n) is 16.6. The van der Waals surface area contributed by atoms with Crippen LogP contribution in [0, 0.1) is 12.3 Å². The highest BCUT2D eigenvalue weighted by atomic mass is 16.5. The van der Waals surface area contributed by atoms with Crippen molar-refractivity contribution < 1.29 is 9.84 Å². The van der Waals surface area contributed by atoms with Crippen LogP contribution in [0.5, 0.6) is 5.75 Å². The van der Waals surface area contributed by atoms with Gasteiger partial charge in [-0.15, -0.1) is 0 Å². The van der Waals surface area contributed by atoms with Crippen molar-refractivity contribution in [2.24, 2.45) is 10.4 Å². The molecule has 146 valence electrons. The van der Waals surface area contributed by atoms with Gasteiger partial charge in [0.05, 0.1) is 13.7 Å². The van der Waals surface area contributed by atoms with Gasteiger partial charge in [-0.25, -0.2) is 4.99 Å². The number of aliphatic hydroxyl groups excluding tert-OH is 1. The second-order valence-electron chi connectivity index (χ2n) is 7.39. The highest BCUT2D eigenvalue weighted by Gasteiger charge is 2.31. The molecule has 0 bridgehead atoms. The summed E-state index contributed by atoms with van der Waals surface area (Å²) in [5.74, 6) is 1.75. The Morgan fingerprint density at radius 3 is 2.65 bits per heavy atom. The molecule has 1 aliphatic rings. The lowest BCUT2D eigenvalue weighted by molar-refractivity contribution is 0.131. The predicted octanol–water partition coefficient (Wildman–Crippen LogP) is 3.39. The van der Waals surface area contributed by atoms with Crippen LogP contribution in [0.3, 0.4) is 0 Å². The average molecular weight is 362 g/mol. The van der Waals surface area contributed by atoms with E-state index in [9.17, 15) is 5.11 Å². The smallest absolute Gasteiger partial charge is 0.191 e. The van der Waals surface area contributed by atoms with Crippen LogP contribution in [0.1, 0.15) is 56.6 Å². The summed E-state index contributed by atoms with van der Waals surface area (Å²) < 4.78 is 5.40. The number of rotatable bonds is 8. The summed E-state index contributed by atoms with van der Waals surface area (Å²) in [5.41, 5.74) is 2.47. The number of hydrogen-bond acceptors (Lipinski definition) is 3. The number of aliphatic hydroxyl groups is 1. The summed E-state index contributed by atoms with van der Waals surface area (Å²) in [6.07, 6.45) is 7.09. The number of guanidine groups is 1. The molecular formula is C21H35N3O2. The molecule has 26 heavy (non-hydrogen) atoms. The molecule has 1 aromatic carbocycles. The van der Waals surface area contributed by atoms with E-state index < -0.39 is 0 Å². The minimum atomic E-state index is 0.205. The number of ether oxygens (including phenoxy) is 1. The normalized spacial score (nSPS) is 17.0. The number of nitrogens with zero attached hydrogens (tertiary/aromatic N) is 1. The molecule has 0 amide bonds. The van der Waals surface area contributed by atoms with Gasteiger partial charge in [-0.1, -0.05) is 31.4 Å². The molecule has 0 radical (unpaired) electrons. The Balaban J connectivity index is 2.01. The quantitative estimate of drug-likeness (QED) is 0.490. The fraction of sp³-hybridized carbons (Fsp3) is 0.667. The van der Waals surface area contributed by atoms with Gasteiger partial charge in [-0.2, -0.15) is 0 Å². The van der Waals surface area contributed by atoms with Crippen LogP contribution in [0.25, 0.3) is 0 Å². The average Bonchev–Trinajstić information content (AvgIpc) is 2.66. The molecule has 0 saturated heterocycles. The molecule has 0 unspecified atom stereocenters. The second-order valence-corrected chi connectivity index (χ2v) is 7.39. The standard InChI is InChI=1S/C21H35N3O2/c1-4-22-20(23-15-18-9-8-17(2)19(14-18)26-3)24-16-21(12-13-25)10-6-5-7-11-21/h8-9,14,25H,4-7,10-13,15-16H2,1-3H3,(H2,22,23,24). The van der Waals surface area contributed by atoms with Crippen LogP contribution in [0.2, 0.25) is 0 Å². The van der Waals surface area contributed by atoms with Gasteiger partial charge in [0.1, 0.15) is 5.75 Å². The van der Waals surface area contributed by atoms with Gasteiger partial charge in [-0.05, 0) is 55.7 Å². The summed E-state index contributed by atoms with van der Waals surface area (Å²) in [6, 6.07) is 6.22. The third-order valence-corrected chi connectivity index (χ3v) is 5.42. The molecule has 3 N–H and O–H groups in total.